The maximum Gasteiger partial charge on any atom is 0.281 e. The van der Waals surface area contributed by atoms with Crippen LogP contribution < -0.4 is 10.9 Å². The van der Waals surface area contributed by atoms with E-state index in [1.54, 1.807) is 13.0 Å². The van der Waals surface area contributed by atoms with E-state index in [1.165, 1.54) is 28.7 Å². The molecule has 0 aliphatic heterocycles. The second kappa shape index (κ2) is 7.87. The number of amides is 2. The van der Waals surface area contributed by atoms with Gasteiger partial charge in [0.25, 0.3) is 11.8 Å². The normalized spacial score (nSPS) is 10.8. The van der Waals surface area contributed by atoms with Gasteiger partial charge in [-0.1, -0.05) is 36.4 Å². The molecule has 3 rings (SSSR count). The lowest BCUT2D eigenvalue weighted by molar-refractivity contribution is -0.117. The van der Waals surface area contributed by atoms with E-state index < -0.39 is 5.91 Å². The van der Waals surface area contributed by atoms with Crippen molar-refractivity contribution in [3.8, 4) is 10.6 Å². The van der Waals surface area contributed by atoms with E-state index in [0.29, 0.717) is 10.6 Å². The summed E-state index contributed by atoms with van der Waals surface area (Å²) in [4.78, 5) is 29.9. The summed E-state index contributed by atoms with van der Waals surface area (Å²) in [5.41, 5.74) is 6.38. The summed E-state index contributed by atoms with van der Waals surface area (Å²) in [6.45, 7) is 1.77. The Hall–Kier alpha value is -2.77. The number of carbonyl (C=O) groups excluding carboxylic acids is 2. The lowest BCUT2D eigenvalue weighted by Gasteiger charge is -2.03. The highest BCUT2D eigenvalue weighted by Gasteiger charge is 2.16. The predicted molar refractivity (Wildman–Crippen MR) is 101 cm³/mol. The van der Waals surface area contributed by atoms with Gasteiger partial charge in [0.05, 0.1) is 5.69 Å². The van der Waals surface area contributed by atoms with E-state index in [9.17, 15) is 9.59 Å². The van der Waals surface area contributed by atoms with Gasteiger partial charge < -0.3 is 0 Å². The Labute approximate surface area is 153 Å². The summed E-state index contributed by atoms with van der Waals surface area (Å²) in [5.74, 6) is -0.776. The van der Waals surface area contributed by atoms with Crippen LogP contribution in [0.25, 0.3) is 16.6 Å². The number of aryl methyl sites for hydroxylation is 1. The number of nitrogens with one attached hydrogen (secondary N) is 2. The highest BCUT2D eigenvalue weighted by Crippen LogP contribution is 2.27. The molecule has 2 N–H and O–H groups in total. The maximum atomic E-state index is 12.3. The van der Waals surface area contributed by atoms with Crippen LogP contribution >= 0.6 is 22.7 Å². The molecule has 0 bridgehead atoms. The van der Waals surface area contributed by atoms with Crippen molar-refractivity contribution in [3.05, 3.63) is 69.4 Å². The SMILES string of the molecule is Cc1nc(-c2ccccc2)sc1C(=O)NNC(=O)/C=C/c1cccs1. The van der Waals surface area contributed by atoms with E-state index in [4.69, 9.17) is 0 Å². The zero-order chi connectivity index (χ0) is 17.6. The molecule has 2 amide bonds. The van der Waals surface area contributed by atoms with Crippen molar-refractivity contribution in [2.45, 2.75) is 6.92 Å². The van der Waals surface area contributed by atoms with Gasteiger partial charge in [-0.15, -0.1) is 22.7 Å². The molecule has 25 heavy (non-hydrogen) atoms. The van der Waals surface area contributed by atoms with Crippen molar-refractivity contribution in [2.24, 2.45) is 0 Å². The van der Waals surface area contributed by atoms with E-state index >= 15 is 0 Å². The number of rotatable bonds is 4. The largest absolute Gasteiger partial charge is 0.281 e. The molecule has 5 nitrogen and oxygen atoms in total. The van der Waals surface area contributed by atoms with E-state index in [0.717, 1.165) is 15.4 Å². The first kappa shape index (κ1) is 17.1. The lowest BCUT2D eigenvalue weighted by atomic mass is 10.2. The van der Waals surface area contributed by atoms with Gasteiger partial charge in [0, 0.05) is 16.5 Å². The molecule has 0 aliphatic rings. The first-order valence-corrected chi connectivity index (χ1v) is 9.18. The fourth-order valence-electron chi connectivity index (χ4n) is 2.07. The topological polar surface area (TPSA) is 71.1 Å². The fraction of sp³-hybridized carbons (Fsp3) is 0.0556. The van der Waals surface area contributed by atoms with Crippen LogP contribution in [0.3, 0.4) is 0 Å². The molecule has 0 aliphatic carbocycles. The maximum absolute atomic E-state index is 12.3. The Morgan fingerprint density at radius 1 is 1.08 bits per heavy atom. The minimum atomic E-state index is -0.396. The molecule has 0 spiro atoms. The summed E-state index contributed by atoms with van der Waals surface area (Å²) in [6.07, 6.45) is 3.07. The average molecular weight is 369 g/mol. The van der Waals surface area contributed by atoms with Crippen LogP contribution in [0.5, 0.6) is 0 Å². The van der Waals surface area contributed by atoms with Crippen molar-refractivity contribution < 1.29 is 9.59 Å². The van der Waals surface area contributed by atoms with E-state index in [-0.39, 0.29) is 5.91 Å². The van der Waals surface area contributed by atoms with Crippen molar-refractivity contribution >= 4 is 40.6 Å². The van der Waals surface area contributed by atoms with Crippen molar-refractivity contribution in [2.75, 3.05) is 0 Å². The molecule has 2 heterocycles. The first-order valence-electron chi connectivity index (χ1n) is 7.48. The third-order valence-electron chi connectivity index (χ3n) is 3.26. The highest BCUT2D eigenvalue weighted by molar-refractivity contribution is 7.17. The molecule has 0 atom stereocenters. The number of benzene rings is 1. The summed E-state index contributed by atoms with van der Waals surface area (Å²) in [7, 11) is 0. The van der Waals surface area contributed by atoms with Crippen molar-refractivity contribution in [1.29, 1.82) is 0 Å². The average Bonchev–Trinajstić information content (AvgIpc) is 3.28. The summed E-state index contributed by atoms with van der Waals surface area (Å²) >= 11 is 2.82. The molecule has 0 fully saturated rings. The number of hydrogen-bond acceptors (Lipinski definition) is 5. The summed E-state index contributed by atoms with van der Waals surface area (Å²) < 4.78 is 0. The Kier molecular flexibility index (Phi) is 5.37. The van der Waals surface area contributed by atoms with Gasteiger partial charge >= 0.3 is 0 Å². The zero-order valence-electron chi connectivity index (χ0n) is 13.4. The second-order valence-electron chi connectivity index (χ2n) is 5.09. The number of nitrogens with zero attached hydrogens (tertiary/aromatic N) is 1. The molecule has 126 valence electrons. The van der Waals surface area contributed by atoms with Gasteiger partial charge in [0.2, 0.25) is 0 Å². The van der Waals surface area contributed by atoms with Gasteiger partial charge in [-0.05, 0) is 24.4 Å². The summed E-state index contributed by atoms with van der Waals surface area (Å²) in [5, 5.41) is 2.70. The number of hydrazine groups is 1. The minimum Gasteiger partial charge on any atom is -0.268 e. The van der Waals surface area contributed by atoms with Gasteiger partial charge in [0.15, 0.2) is 0 Å². The van der Waals surface area contributed by atoms with Crippen LogP contribution in [0.4, 0.5) is 0 Å². The number of hydrogen-bond donors (Lipinski definition) is 2. The molecule has 0 radical (unpaired) electrons. The third kappa shape index (κ3) is 4.40. The van der Waals surface area contributed by atoms with E-state index in [2.05, 4.69) is 15.8 Å². The number of thiophene rings is 1. The lowest BCUT2D eigenvalue weighted by Crippen LogP contribution is -2.40. The van der Waals surface area contributed by atoms with Crippen LogP contribution in [0, 0.1) is 6.92 Å². The Balaban J connectivity index is 1.62. The molecule has 0 saturated heterocycles. The third-order valence-corrected chi connectivity index (χ3v) is 5.31. The van der Waals surface area contributed by atoms with Gasteiger partial charge in [-0.25, -0.2) is 4.98 Å². The molecular formula is C18H15N3O2S2. The minimum absolute atomic E-state index is 0.380. The zero-order valence-corrected chi connectivity index (χ0v) is 15.0. The quantitative estimate of drug-likeness (QED) is 0.545. The number of aromatic nitrogens is 1. The van der Waals surface area contributed by atoms with Crippen LogP contribution in [0.1, 0.15) is 20.2 Å². The van der Waals surface area contributed by atoms with Crippen LogP contribution in [-0.4, -0.2) is 16.8 Å². The smallest absolute Gasteiger partial charge is 0.268 e. The Morgan fingerprint density at radius 3 is 2.60 bits per heavy atom. The van der Waals surface area contributed by atoms with Crippen molar-refractivity contribution in [3.63, 3.8) is 0 Å². The second-order valence-corrected chi connectivity index (χ2v) is 7.07. The molecule has 0 unspecified atom stereocenters. The fourth-order valence-corrected chi connectivity index (χ4v) is 3.66. The molecular weight excluding hydrogens is 354 g/mol. The monoisotopic (exact) mass is 369 g/mol. The number of thiazole rings is 1. The summed E-state index contributed by atoms with van der Waals surface area (Å²) in [6, 6.07) is 13.5. The van der Waals surface area contributed by atoms with Gasteiger partial charge in [-0.3, -0.25) is 20.4 Å². The Bertz CT molecular complexity index is 900. The molecule has 3 aromatic rings. The molecule has 1 aromatic carbocycles. The van der Waals surface area contributed by atoms with E-state index in [1.807, 2.05) is 47.8 Å². The predicted octanol–water partition coefficient (Wildman–Crippen LogP) is 3.65. The van der Waals surface area contributed by atoms with Gasteiger partial charge in [0.1, 0.15) is 9.88 Å². The van der Waals surface area contributed by atoms with Crippen LogP contribution in [-0.2, 0) is 4.79 Å². The first-order chi connectivity index (χ1) is 12.1. The van der Waals surface area contributed by atoms with Crippen molar-refractivity contribution in [1.82, 2.24) is 15.8 Å². The highest BCUT2D eigenvalue weighted by atomic mass is 32.1. The Morgan fingerprint density at radius 2 is 1.88 bits per heavy atom. The van der Waals surface area contributed by atoms with Crippen LogP contribution in [0.15, 0.2) is 53.9 Å². The molecule has 7 heteroatoms. The molecule has 2 aromatic heterocycles. The van der Waals surface area contributed by atoms with Gasteiger partial charge in [-0.2, -0.15) is 0 Å². The molecule has 0 saturated carbocycles. The number of carbonyl (C=O) groups is 2. The van der Waals surface area contributed by atoms with Crippen LogP contribution in [0.2, 0.25) is 0 Å². The standard InChI is InChI=1S/C18H15N3O2S2/c1-12-16(25-18(19-12)13-6-3-2-4-7-13)17(23)21-20-15(22)10-9-14-8-5-11-24-14/h2-11H,1H3,(H,20,22)(H,21,23)/b10-9+.